The van der Waals surface area contributed by atoms with Crippen molar-refractivity contribution in [3.63, 3.8) is 0 Å². The number of nitrogens with zero attached hydrogens (tertiary/aromatic N) is 2. The van der Waals surface area contributed by atoms with Crippen LogP contribution >= 0.6 is 11.8 Å². The maximum absolute atomic E-state index is 13.2. The lowest BCUT2D eigenvalue weighted by atomic mass is 9.79. The Bertz CT molecular complexity index is 1100. The monoisotopic (exact) mass is 590 g/mol. The van der Waals surface area contributed by atoms with Crippen LogP contribution in [0.25, 0.3) is 0 Å². The number of amides is 1. The van der Waals surface area contributed by atoms with E-state index in [2.05, 4.69) is 11.8 Å². The van der Waals surface area contributed by atoms with Gasteiger partial charge < -0.3 is 19.5 Å². The van der Waals surface area contributed by atoms with E-state index in [1.165, 1.54) is 42.7 Å². The first-order chi connectivity index (χ1) is 19.7. The molecule has 10 heteroatoms. The van der Waals surface area contributed by atoms with Gasteiger partial charge in [0.05, 0.1) is 18.1 Å². The molecule has 226 valence electrons. The molecule has 0 unspecified atom stereocenters. The first-order valence-electron chi connectivity index (χ1n) is 14.9. The quantitative estimate of drug-likeness (QED) is 0.124. The first kappa shape index (κ1) is 31.5. The highest BCUT2D eigenvalue weighted by atomic mass is 32.2. The number of benzene rings is 1. The van der Waals surface area contributed by atoms with Gasteiger partial charge in [-0.15, -0.1) is 11.8 Å². The molecule has 2 fully saturated rings. The highest BCUT2D eigenvalue weighted by Crippen LogP contribution is 2.52. The maximum Gasteiger partial charge on any atom is 0.358 e. The number of β-lactam (4-membered cyclic amide) rings is 1. The van der Waals surface area contributed by atoms with Crippen LogP contribution in [-0.2, 0) is 30.4 Å². The van der Waals surface area contributed by atoms with E-state index in [0.29, 0.717) is 6.54 Å². The minimum Gasteiger partial charge on any atom is -0.428 e. The summed E-state index contributed by atoms with van der Waals surface area (Å²) in [5.41, 5.74) is 1.23. The third-order valence-corrected chi connectivity index (χ3v) is 9.68. The number of fused-ring (bicyclic) bond motifs is 1. The number of thioether (sulfide) groups is 1. The number of rotatable bonds is 16. The summed E-state index contributed by atoms with van der Waals surface area (Å²) in [4.78, 5) is 42.8. The number of likely N-dealkylation sites (tertiary alicyclic amines) is 1. The molecule has 1 N–H and O–H groups in total. The van der Waals surface area contributed by atoms with E-state index in [1.807, 2.05) is 6.92 Å². The molecule has 0 aromatic heterocycles. The number of unbranched alkanes of at least 4 members (excludes halogenated alkanes) is 6. The molecule has 3 aliphatic rings. The lowest BCUT2D eigenvalue weighted by molar-refractivity contribution is -0.172. The van der Waals surface area contributed by atoms with Crippen molar-refractivity contribution in [2.75, 3.05) is 19.9 Å². The van der Waals surface area contributed by atoms with Crippen molar-refractivity contribution in [1.29, 1.82) is 0 Å². The second-order valence-corrected chi connectivity index (χ2v) is 12.8. The molecule has 0 spiro atoms. The Morgan fingerprint density at radius 1 is 1.07 bits per heavy atom. The Morgan fingerprint density at radius 2 is 1.73 bits per heavy atom. The number of ether oxygens (including phenoxy) is 2. The number of esters is 2. The SMILES string of the molecule is CCCCCCCCCC(=O)OCOC(=O)C1=C(SC2CN(Cc3ccc(F)cc3)C2)[C@H](C)[C@@H]2[C@@H]([C@@H](C)O)C(=O)N12. The summed E-state index contributed by atoms with van der Waals surface area (Å²) in [6.45, 7) is 7.54. The number of hydrogen-bond acceptors (Lipinski definition) is 8. The van der Waals surface area contributed by atoms with Gasteiger partial charge in [0.15, 0.2) is 0 Å². The molecule has 3 aliphatic heterocycles. The molecule has 0 aliphatic carbocycles. The molecule has 0 bridgehead atoms. The predicted octanol–water partition coefficient (Wildman–Crippen LogP) is 5.00. The van der Waals surface area contributed by atoms with E-state index < -0.39 is 30.8 Å². The van der Waals surface area contributed by atoms with Gasteiger partial charge in [-0.05, 0) is 31.0 Å². The molecule has 1 aromatic rings. The Morgan fingerprint density at radius 3 is 2.39 bits per heavy atom. The molecule has 8 nitrogen and oxygen atoms in total. The molecule has 0 radical (unpaired) electrons. The zero-order valence-corrected chi connectivity index (χ0v) is 25.2. The lowest BCUT2D eigenvalue weighted by Crippen LogP contribution is -2.63. The number of aliphatic hydroxyl groups excluding tert-OH is 1. The Balaban J connectivity index is 1.30. The molecule has 3 heterocycles. The predicted molar refractivity (Wildman–Crippen MR) is 155 cm³/mol. The Hall–Kier alpha value is -2.43. The highest BCUT2D eigenvalue weighted by Gasteiger charge is 2.60. The van der Waals surface area contributed by atoms with Gasteiger partial charge in [0.1, 0.15) is 11.5 Å². The van der Waals surface area contributed by atoms with Crippen LogP contribution in [0.15, 0.2) is 34.9 Å². The number of halogens is 1. The van der Waals surface area contributed by atoms with Crippen LogP contribution in [0, 0.1) is 17.7 Å². The zero-order valence-electron chi connectivity index (χ0n) is 24.4. The zero-order chi connectivity index (χ0) is 29.5. The van der Waals surface area contributed by atoms with Gasteiger partial charge in [-0.25, -0.2) is 9.18 Å². The molecule has 1 aromatic carbocycles. The van der Waals surface area contributed by atoms with Gasteiger partial charge in [0.2, 0.25) is 12.7 Å². The summed E-state index contributed by atoms with van der Waals surface area (Å²) in [5.74, 6) is -2.34. The molecule has 1 amide bonds. The van der Waals surface area contributed by atoms with E-state index in [9.17, 15) is 23.9 Å². The molecule has 4 atom stereocenters. The lowest BCUT2D eigenvalue weighted by Gasteiger charge is -2.46. The average molecular weight is 591 g/mol. The molecule has 0 saturated carbocycles. The number of carbonyl (C=O) groups is 3. The third-order valence-electron chi connectivity index (χ3n) is 8.23. The largest absolute Gasteiger partial charge is 0.428 e. The van der Waals surface area contributed by atoms with Crippen LogP contribution in [0.1, 0.15) is 77.7 Å². The summed E-state index contributed by atoms with van der Waals surface area (Å²) in [7, 11) is 0. The van der Waals surface area contributed by atoms with Crippen LogP contribution in [0.2, 0.25) is 0 Å². The third kappa shape index (κ3) is 7.70. The van der Waals surface area contributed by atoms with Crippen molar-refractivity contribution in [3.05, 3.63) is 46.2 Å². The maximum atomic E-state index is 13.2. The topological polar surface area (TPSA) is 96.4 Å². The highest BCUT2D eigenvalue weighted by molar-refractivity contribution is 8.03. The van der Waals surface area contributed by atoms with Crippen molar-refractivity contribution in [3.8, 4) is 0 Å². The second kappa shape index (κ2) is 14.6. The van der Waals surface area contributed by atoms with E-state index in [-0.39, 0.29) is 41.1 Å². The van der Waals surface area contributed by atoms with E-state index in [0.717, 1.165) is 42.8 Å². The molecule has 2 saturated heterocycles. The van der Waals surface area contributed by atoms with Crippen molar-refractivity contribution < 1.29 is 33.4 Å². The average Bonchev–Trinajstić information content (AvgIpc) is 3.15. The van der Waals surface area contributed by atoms with Gasteiger partial charge in [-0.2, -0.15) is 0 Å². The van der Waals surface area contributed by atoms with Crippen LogP contribution in [-0.4, -0.2) is 70.0 Å². The molecular formula is C31H43FN2O6S. The summed E-state index contributed by atoms with van der Waals surface area (Å²) < 4.78 is 23.7. The molecule has 41 heavy (non-hydrogen) atoms. The fraction of sp³-hybridized carbons (Fsp3) is 0.645. The van der Waals surface area contributed by atoms with E-state index >= 15 is 0 Å². The first-order valence-corrected chi connectivity index (χ1v) is 15.8. The van der Waals surface area contributed by atoms with E-state index in [4.69, 9.17) is 9.47 Å². The normalized spacial score (nSPS) is 23.2. The summed E-state index contributed by atoms with van der Waals surface area (Å²) in [5, 5.41) is 10.4. The molecule has 4 rings (SSSR count). The fourth-order valence-electron chi connectivity index (χ4n) is 5.94. The van der Waals surface area contributed by atoms with E-state index in [1.54, 1.807) is 30.8 Å². The Labute approximate surface area is 246 Å². The van der Waals surface area contributed by atoms with Gasteiger partial charge in [-0.3, -0.25) is 14.5 Å². The van der Waals surface area contributed by atoms with Gasteiger partial charge >= 0.3 is 11.9 Å². The summed E-state index contributed by atoms with van der Waals surface area (Å²) in [6.07, 6.45) is 7.10. The summed E-state index contributed by atoms with van der Waals surface area (Å²) in [6, 6.07) is 6.16. The van der Waals surface area contributed by atoms with Crippen molar-refractivity contribution in [2.24, 2.45) is 11.8 Å². The van der Waals surface area contributed by atoms with Crippen LogP contribution in [0.3, 0.4) is 0 Å². The second-order valence-electron chi connectivity index (χ2n) is 11.5. The number of hydrogen-bond donors (Lipinski definition) is 1. The standard InChI is InChI=1S/C31H43FN2O6S/c1-4-5-6-7-8-9-10-11-25(36)39-19-40-31(38)28-29(20(2)27-26(21(3)35)30(37)34(27)28)41-24-17-33(18-24)16-22-12-14-23(32)15-13-22/h12-15,20-21,24,26-27,35H,4-11,16-19H2,1-3H3/t20-,21-,26-,27-/m1/s1. The number of aliphatic hydroxyl groups is 1. The molecular weight excluding hydrogens is 547 g/mol. The smallest absolute Gasteiger partial charge is 0.358 e. The van der Waals surface area contributed by atoms with Gasteiger partial charge in [0.25, 0.3) is 0 Å². The minimum absolute atomic E-state index is 0.133. The van der Waals surface area contributed by atoms with Crippen LogP contribution in [0.5, 0.6) is 0 Å². The van der Waals surface area contributed by atoms with Crippen molar-refractivity contribution >= 4 is 29.6 Å². The fourth-order valence-corrected chi connectivity index (χ4v) is 7.52. The van der Waals surface area contributed by atoms with Crippen molar-refractivity contribution in [1.82, 2.24) is 9.80 Å². The van der Waals surface area contributed by atoms with Crippen molar-refractivity contribution in [2.45, 2.75) is 96.1 Å². The summed E-state index contributed by atoms with van der Waals surface area (Å²) >= 11 is 1.57. The minimum atomic E-state index is -0.824. The van der Waals surface area contributed by atoms with Gasteiger partial charge in [0, 0.05) is 42.1 Å². The van der Waals surface area contributed by atoms with Gasteiger partial charge in [-0.1, -0.05) is 64.5 Å². The van der Waals surface area contributed by atoms with Crippen LogP contribution < -0.4 is 0 Å². The van der Waals surface area contributed by atoms with Crippen LogP contribution in [0.4, 0.5) is 4.39 Å². The Kier molecular flexibility index (Phi) is 11.3. The number of carbonyl (C=O) groups excluding carboxylic acids is 3.